The molecule has 0 bridgehead atoms. The van der Waals surface area contributed by atoms with Crippen LogP contribution in [0.4, 0.5) is 4.39 Å². The average Bonchev–Trinajstić information content (AvgIpc) is 2.78. The number of hydrogen-bond donors (Lipinski definition) is 0. The summed E-state index contributed by atoms with van der Waals surface area (Å²) in [6.07, 6.45) is 1.66. The second-order valence-corrected chi connectivity index (χ2v) is 7.89. The quantitative estimate of drug-likeness (QED) is 0.457. The predicted octanol–water partition coefficient (Wildman–Crippen LogP) is 4.38. The van der Waals surface area contributed by atoms with E-state index in [0.29, 0.717) is 11.3 Å². The number of nitrogens with zero attached hydrogens (tertiary/aromatic N) is 3. The van der Waals surface area contributed by atoms with Crippen molar-refractivity contribution in [2.75, 3.05) is 0 Å². The van der Waals surface area contributed by atoms with Gasteiger partial charge in [-0.15, -0.1) is 0 Å². The lowest BCUT2D eigenvalue weighted by Crippen LogP contribution is -2.36. The highest BCUT2D eigenvalue weighted by Crippen LogP contribution is 2.21. The largest absolute Gasteiger partial charge is 0.331 e. The van der Waals surface area contributed by atoms with Crippen molar-refractivity contribution in [1.29, 1.82) is 0 Å². The van der Waals surface area contributed by atoms with Crippen molar-refractivity contribution >= 4 is 16.8 Å². The maximum Gasteiger partial charge on any atom is 0.251 e. The predicted molar refractivity (Wildman–Crippen MR) is 123 cm³/mol. The van der Waals surface area contributed by atoms with Crippen molar-refractivity contribution in [3.63, 3.8) is 0 Å². The highest BCUT2D eigenvalue weighted by molar-refractivity contribution is 5.87. The topological polar surface area (TPSA) is 55.2 Å². The fraction of sp³-hybridized carbons (Fsp3) is 0.192. The Morgan fingerprint density at radius 1 is 0.969 bits per heavy atom. The molecule has 0 atom stereocenters. The van der Waals surface area contributed by atoms with Gasteiger partial charge < -0.3 is 4.90 Å². The standard InChI is InChI=1S/C26H24FN3O2/c1-18-8-7-11-22-19(2)14-24(31)30(26(18)22)17-25(32)29(16-21-10-5-6-13-28-21)15-20-9-3-4-12-23(20)27/h3-14H,15-17H2,1-2H3. The first-order chi connectivity index (χ1) is 15.4. The highest BCUT2D eigenvalue weighted by atomic mass is 19.1. The maximum absolute atomic E-state index is 14.3. The van der Waals surface area contributed by atoms with Crippen LogP contribution in [0.1, 0.15) is 22.4 Å². The molecule has 2 aromatic heterocycles. The van der Waals surface area contributed by atoms with Gasteiger partial charge in [0.1, 0.15) is 12.4 Å². The molecule has 32 heavy (non-hydrogen) atoms. The monoisotopic (exact) mass is 429 g/mol. The van der Waals surface area contributed by atoms with Gasteiger partial charge in [0.15, 0.2) is 0 Å². The summed E-state index contributed by atoms with van der Waals surface area (Å²) in [5.41, 5.74) is 3.40. The van der Waals surface area contributed by atoms with Crippen molar-refractivity contribution in [3.05, 3.63) is 111 Å². The van der Waals surface area contributed by atoms with Crippen molar-refractivity contribution in [3.8, 4) is 0 Å². The molecule has 6 heteroatoms. The molecule has 5 nitrogen and oxygen atoms in total. The number of hydrogen-bond acceptors (Lipinski definition) is 3. The van der Waals surface area contributed by atoms with Gasteiger partial charge in [0.25, 0.3) is 5.56 Å². The van der Waals surface area contributed by atoms with Crippen molar-refractivity contribution in [1.82, 2.24) is 14.5 Å². The Hall–Kier alpha value is -3.80. The molecule has 0 fully saturated rings. The van der Waals surface area contributed by atoms with E-state index in [1.54, 1.807) is 36.5 Å². The van der Waals surface area contributed by atoms with Crippen LogP contribution in [0.2, 0.25) is 0 Å². The summed E-state index contributed by atoms with van der Waals surface area (Å²) < 4.78 is 15.8. The highest BCUT2D eigenvalue weighted by Gasteiger charge is 2.20. The lowest BCUT2D eigenvalue weighted by Gasteiger charge is -2.24. The van der Waals surface area contributed by atoms with Gasteiger partial charge in [0, 0.05) is 29.8 Å². The molecule has 0 saturated carbocycles. The molecule has 0 spiro atoms. The van der Waals surface area contributed by atoms with E-state index >= 15 is 0 Å². The molecule has 1 amide bonds. The van der Waals surface area contributed by atoms with Crippen LogP contribution in [-0.4, -0.2) is 20.4 Å². The van der Waals surface area contributed by atoms with Gasteiger partial charge in [-0.05, 0) is 43.2 Å². The molecule has 2 aromatic carbocycles. The van der Waals surface area contributed by atoms with E-state index in [1.807, 2.05) is 44.2 Å². The molecule has 0 radical (unpaired) electrons. The van der Waals surface area contributed by atoms with Crippen LogP contribution in [0.5, 0.6) is 0 Å². The van der Waals surface area contributed by atoms with Gasteiger partial charge in [0.05, 0.1) is 17.8 Å². The molecule has 0 aliphatic rings. The summed E-state index contributed by atoms with van der Waals surface area (Å²) in [4.78, 5) is 32.1. The molecule has 4 rings (SSSR count). The van der Waals surface area contributed by atoms with Crippen LogP contribution in [0, 0.1) is 19.7 Å². The number of carbonyl (C=O) groups is 1. The van der Waals surface area contributed by atoms with Gasteiger partial charge in [-0.1, -0.05) is 42.5 Å². The third-order valence-electron chi connectivity index (χ3n) is 5.58. The van der Waals surface area contributed by atoms with Crippen LogP contribution in [0.15, 0.2) is 77.7 Å². The first-order valence-corrected chi connectivity index (χ1v) is 10.4. The van der Waals surface area contributed by atoms with E-state index in [4.69, 9.17) is 0 Å². The van der Waals surface area contributed by atoms with Gasteiger partial charge in [-0.2, -0.15) is 0 Å². The normalized spacial score (nSPS) is 11.0. The van der Waals surface area contributed by atoms with E-state index in [0.717, 1.165) is 22.0 Å². The van der Waals surface area contributed by atoms with Gasteiger partial charge >= 0.3 is 0 Å². The summed E-state index contributed by atoms with van der Waals surface area (Å²) in [5, 5.41) is 0.933. The van der Waals surface area contributed by atoms with E-state index in [2.05, 4.69) is 4.98 Å². The number of benzene rings is 2. The van der Waals surface area contributed by atoms with Crippen LogP contribution in [-0.2, 0) is 24.4 Å². The average molecular weight is 429 g/mol. The molecular weight excluding hydrogens is 405 g/mol. The lowest BCUT2D eigenvalue weighted by molar-refractivity contribution is -0.133. The number of halogens is 1. The molecule has 0 N–H and O–H groups in total. The maximum atomic E-state index is 14.3. The van der Waals surface area contributed by atoms with Gasteiger partial charge in [-0.3, -0.25) is 19.1 Å². The third kappa shape index (κ3) is 4.44. The Kier molecular flexibility index (Phi) is 6.12. The number of para-hydroxylation sites is 1. The molecule has 0 aliphatic heterocycles. The van der Waals surface area contributed by atoms with Crippen molar-refractivity contribution < 1.29 is 9.18 Å². The van der Waals surface area contributed by atoms with Gasteiger partial charge in [-0.25, -0.2) is 4.39 Å². The molecule has 2 heterocycles. The Labute approximate surface area is 185 Å². The minimum Gasteiger partial charge on any atom is -0.331 e. The summed E-state index contributed by atoms with van der Waals surface area (Å²) >= 11 is 0. The fourth-order valence-corrected chi connectivity index (χ4v) is 3.93. The molecular formula is C26H24FN3O2. The summed E-state index contributed by atoms with van der Waals surface area (Å²) in [6.45, 7) is 3.97. The molecule has 0 unspecified atom stereocenters. The van der Waals surface area contributed by atoms with Crippen molar-refractivity contribution in [2.24, 2.45) is 0 Å². The number of aryl methyl sites for hydroxylation is 2. The molecule has 0 aliphatic carbocycles. The molecule has 162 valence electrons. The third-order valence-corrected chi connectivity index (χ3v) is 5.58. The number of amides is 1. The number of carbonyl (C=O) groups excluding carboxylic acids is 1. The minimum absolute atomic E-state index is 0.0829. The lowest BCUT2D eigenvalue weighted by atomic mass is 10.1. The SMILES string of the molecule is Cc1cc(=O)n(CC(=O)N(Cc2ccccn2)Cc2ccccc2F)c2c(C)cccc12. The Morgan fingerprint density at radius 3 is 2.50 bits per heavy atom. The second kappa shape index (κ2) is 9.14. The zero-order valence-electron chi connectivity index (χ0n) is 18.1. The Balaban J connectivity index is 1.72. The summed E-state index contributed by atoms with van der Waals surface area (Å²) in [6, 6.07) is 19.2. The molecule has 4 aromatic rings. The smallest absolute Gasteiger partial charge is 0.251 e. The van der Waals surface area contributed by atoms with Gasteiger partial charge in [0.2, 0.25) is 5.91 Å². The van der Waals surface area contributed by atoms with Crippen molar-refractivity contribution in [2.45, 2.75) is 33.5 Å². The fourth-order valence-electron chi connectivity index (χ4n) is 3.93. The van der Waals surface area contributed by atoms with E-state index in [-0.39, 0.29) is 36.9 Å². The Bertz CT molecular complexity index is 1330. The zero-order valence-corrected chi connectivity index (χ0v) is 18.1. The number of pyridine rings is 2. The first-order valence-electron chi connectivity index (χ1n) is 10.4. The van der Waals surface area contributed by atoms with E-state index < -0.39 is 0 Å². The van der Waals surface area contributed by atoms with Crippen LogP contribution in [0.25, 0.3) is 10.9 Å². The summed E-state index contributed by atoms with van der Waals surface area (Å²) in [5.74, 6) is -0.658. The minimum atomic E-state index is -0.375. The van der Waals surface area contributed by atoms with Crippen LogP contribution < -0.4 is 5.56 Å². The van der Waals surface area contributed by atoms with Crippen LogP contribution in [0.3, 0.4) is 0 Å². The summed E-state index contributed by atoms with van der Waals surface area (Å²) in [7, 11) is 0. The molecule has 0 saturated heterocycles. The number of rotatable bonds is 6. The zero-order chi connectivity index (χ0) is 22.7. The van der Waals surface area contributed by atoms with E-state index in [9.17, 15) is 14.0 Å². The first kappa shape index (κ1) is 21.4. The number of fused-ring (bicyclic) bond motifs is 1. The Morgan fingerprint density at radius 2 is 1.75 bits per heavy atom. The second-order valence-electron chi connectivity index (χ2n) is 7.89. The van der Waals surface area contributed by atoms with Crippen LogP contribution >= 0.6 is 0 Å². The van der Waals surface area contributed by atoms with E-state index in [1.165, 1.54) is 15.5 Å². The number of aromatic nitrogens is 2.